The van der Waals surface area contributed by atoms with Gasteiger partial charge < -0.3 is 9.26 Å². The zero-order valence-corrected chi connectivity index (χ0v) is 14.3. The van der Waals surface area contributed by atoms with Crippen molar-refractivity contribution in [1.82, 2.24) is 15.0 Å². The molecule has 3 rings (SSSR count). The molecular formula is C17H18FN3O2S. The summed E-state index contributed by atoms with van der Waals surface area (Å²) in [6.45, 7) is 2.88. The SMILES string of the molecule is CC(c1cccs1)N(C)Cc1nc(COc2ccc(F)cc2)no1. The molecule has 7 heteroatoms. The first-order valence-corrected chi connectivity index (χ1v) is 8.43. The molecule has 0 fully saturated rings. The van der Waals surface area contributed by atoms with Gasteiger partial charge in [-0.2, -0.15) is 4.98 Å². The van der Waals surface area contributed by atoms with Crippen LogP contribution in [0.3, 0.4) is 0 Å². The minimum atomic E-state index is -0.299. The minimum absolute atomic E-state index is 0.180. The van der Waals surface area contributed by atoms with Crippen molar-refractivity contribution in [3.8, 4) is 5.75 Å². The third-order valence-electron chi connectivity index (χ3n) is 3.69. The number of halogens is 1. The van der Waals surface area contributed by atoms with E-state index in [1.165, 1.54) is 17.0 Å². The summed E-state index contributed by atoms with van der Waals surface area (Å²) in [5, 5.41) is 5.98. The van der Waals surface area contributed by atoms with Gasteiger partial charge in [0, 0.05) is 10.9 Å². The highest BCUT2D eigenvalue weighted by Crippen LogP contribution is 2.24. The molecule has 0 aliphatic carbocycles. The Morgan fingerprint density at radius 3 is 2.79 bits per heavy atom. The Kier molecular flexibility index (Phi) is 5.22. The molecule has 2 heterocycles. The van der Waals surface area contributed by atoms with Crippen LogP contribution in [0.2, 0.25) is 0 Å². The average molecular weight is 347 g/mol. The molecular weight excluding hydrogens is 329 g/mol. The predicted molar refractivity (Wildman–Crippen MR) is 89.2 cm³/mol. The first-order chi connectivity index (χ1) is 11.6. The Labute approximate surface area is 143 Å². The van der Waals surface area contributed by atoms with Crippen molar-refractivity contribution in [3.63, 3.8) is 0 Å². The maximum atomic E-state index is 12.8. The molecule has 0 N–H and O–H groups in total. The topological polar surface area (TPSA) is 51.4 Å². The van der Waals surface area contributed by atoms with Gasteiger partial charge >= 0.3 is 0 Å². The van der Waals surface area contributed by atoms with Crippen molar-refractivity contribution < 1.29 is 13.7 Å². The van der Waals surface area contributed by atoms with E-state index in [1.807, 2.05) is 13.1 Å². The van der Waals surface area contributed by atoms with Gasteiger partial charge in [0.05, 0.1) is 6.54 Å². The summed E-state index contributed by atoms with van der Waals surface area (Å²) in [6, 6.07) is 10.2. The van der Waals surface area contributed by atoms with Crippen LogP contribution in [0.1, 0.15) is 29.6 Å². The smallest absolute Gasteiger partial charge is 0.240 e. The lowest BCUT2D eigenvalue weighted by atomic mass is 10.2. The van der Waals surface area contributed by atoms with Gasteiger partial charge in [-0.3, -0.25) is 4.90 Å². The van der Waals surface area contributed by atoms with E-state index >= 15 is 0 Å². The van der Waals surface area contributed by atoms with Gasteiger partial charge in [-0.05, 0) is 49.7 Å². The van der Waals surface area contributed by atoms with E-state index < -0.39 is 0 Å². The van der Waals surface area contributed by atoms with Gasteiger partial charge in [0.2, 0.25) is 11.7 Å². The molecule has 0 aliphatic rings. The Morgan fingerprint density at radius 1 is 1.29 bits per heavy atom. The second kappa shape index (κ2) is 7.55. The maximum Gasteiger partial charge on any atom is 0.240 e. The van der Waals surface area contributed by atoms with Gasteiger partial charge in [0.15, 0.2) is 6.61 Å². The number of rotatable bonds is 7. The lowest BCUT2D eigenvalue weighted by Crippen LogP contribution is -2.21. The third kappa shape index (κ3) is 4.18. The highest BCUT2D eigenvalue weighted by molar-refractivity contribution is 7.10. The van der Waals surface area contributed by atoms with Gasteiger partial charge in [0.1, 0.15) is 11.6 Å². The van der Waals surface area contributed by atoms with Crippen LogP contribution in [0.4, 0.5) is 4.39 Å². The fraction of sp³-hybridized carbons (Fsp3) is 0.294. The monoisotopic (exact) mass is 347 g/mol. The van der Waals surface area contributed by atoms with Gasteiger partial charge in [-0.15, -0.1) is 11.3 Å². The van der Waals surface area contributed by atoms with Crippen molar-refractivity contribution >= 4 is 11.3 Å². The van der Waals surface area contributed by atoms with Crippen molar-refractivity contribution in [3.05, 3.63) is 64.2 Å². The normalized spacial score (nSPS) is 12.5. The molecule has 1 aromatic carbocycles. The zero-order chi connectivity index (χ0) is 16.9. The fourth-order valence-corrected chi connectivity index (χ4v) is 3.04. The first kappa shape index (κ1) is 16.6. The van der Waals surface area contributed by atoms with Crippen LogP contribution < -0.4 is 4.74 Å². The standard InChI is InChI=1S/C17H18FN3O2S/c1-12(15-4-3-9-24-15)21(2)10-17-19-16(20-23-17)11-22-14-7-5-13(18)6-8-14/h3-9,12H,10-11H2,1-2H3. The number of hydrogen-bond donors (Lipinski definition) is 0. The van der Waals surface area contributed by atoms with E-state index in [0.717, 1.165) is 0 Å². The Bertz CT molecular complexity index is 759. The summed E-state index contributed by atoms with van der Waals surface area (Å²) in [5.41, 5.74) is 0. The van der Waals surface area contributed by atoms with Crippen molar-refractivity contribution in [2.24, 2.45) is 0 Å². The molecule has 0 saturated heterocycles. The molecule has 24 heavy (non-hydrogen) atoms. The van der Waals surface area contributed by atoms with Gasteiger partial charge in [-0.1, -0.05) is 11.2 Å². The van der Waals surface area contributed by atoms with Crippen molar-refractivity contribution in [2.75, 3.05) is 7.05 Å². The summed E-state index contributed by atoms with van der Waals surface area (Å²) in [4.78, 5) is 7.76. The largest absolute Gasteiger partial charge is 0.485 e. The molecule has 5 nitrogen and oxygen atoms in total. The highest BCUT2D eigenvalue weighted by atomic mass is 32.1. The summed E-state index contributed by atoms with van der Waals surface area (Å²) < 4.78 is 23.6. The number of thiophene rings is 1. The Balaban J connectivity index is 1.54. The number of hydrogen-bond acceptors (Lipinski definition) is 6. The van der Waals surface area contributed by atoms with E-state index in [2.05, 4.69) is 33.4 Å². The molecule has 0 spiro atoms. The summed E-state index contributed by atoms with van der Waals surface area (Å²) in [5.74, 6) is 1.27. The van der Waals surface area contributed by atoms with Crippen LogP contribution in [0.5, 0.6) is 5.75 Å². The van der Waals surface area contributed by atoms with Crippen molar-refractivity contribution in [1.29, 1.82) is 0 Å². The van der Waals surface area contributed by atoms with Crippen LogP contribution >= 0.6 is 11.3 Å². The summed E-state index contributed by atoms with van der Waals surface area (Å²) in [7, 11) is 2.02. The Morgan fingerprint density at radius 2 is 2.08 bits per heavy atom. The number of aromatic nitrogens is 2. The minimum Gasteiger partial charge on any atom is -0.485 e. The van der Waals surface area contributed by atoms with Crippen molar-refractivity contribution in [2.45, 2.75) is 26.1 Å². The number of benzene rings is 1. The molecule has 0 aliphatic heterocycles. The number of ether oxygens (including phenoxy) is 1. The van der Waals surface area contributed by atoms with E-state index in [4.69, 9.17) is 9.26 Å². The molecule has 0 bridgehead atoms. The maximum absolute atomic E-state index is 12.8. The lowest BCUT2D eigenvalue weighted by Gasteiger charge is -2.21. The van der Waals surface area contributed by atoms with Crippen LogP contribution in [-0.4, -0.2) is 22.1 Å². The van der Waals surface area contributed by atoms with Crippen LogP contribution in [-0.2, 0) is 13.2 Å². The second-order valence-corrected chi connectivity index (χ2v) is 6.43. The molecule has 0 amide bonds. The molecule has 126 valence electrons. The van der Waals surface area contributed by atoms with Crippen LogP contribution in [0.15, 0.2) is 46.3 Å². The zero-order valence-electron chi connectivity index (χ0n) is 13.5. The quantitative estimate of drug-likeness (QED) is 0.645. The van der Waals surface area contributed by atoms with E-state index in [1.54, 1.807) is 23.5 Å². The van der Waals surface area contributed by atoms with E-state index in [9.17, 15) is 4.39 Å². The Hall–Kier alpha value is -2.25. The third-order valence-corrected chi connectivity index (χ3v) is 4.74. The molecule has 1 unspecified atom stereocenters. The molecule has 1 atom stereocenters. The molecule has 0 saturated carbocycles. The summed E-state index contributed by atoms with van der Waals surface area (Å²) >= 11 is 1.73. The van der Waals surface area contributed by atoms with Crippen LogP contribution in [0.25, 0.3) is 0 Å². The van der Waals surface area contributed by atoms with Crippen LogP contribution in [0, 0.1) is 5.82 Å². The molecule has 0 radical (unpaired) electrons. The highest BCUT2D eigenvalue weighted by Gasteiger charge is 2.16. The first-order valence-electron chi connectivity index (χ1n) is 7.55. The lowest BCUT2D eigenvalue weighted by molar-refractivity contribution is 0.218. The van der Waals surface area contributed by atoms with E-state index in [-0.39, 0.29) is 18.5 Å². The van der Waals surface area contributed by atoms with E-state index in [0.29, 0.717) is 24.0 Å². The summed E-state index contributed by atoms with van der Waals surface area (Å²) in [6.07, 6.45) is 0. The number of nitrogens with zero attached hydrogens (tertiary/aromatic N) is 3. The fourth-order valence-electron chi connectivity index (χ4n) is 2.19. The average Bonchev–Trinajstić information content (AvgIpc) is 3.25. The van der Waals surface area contributed by atoms with Gasteiger partial charge in [-0.25, -0.2) is 4.39 Å². The molecule has 3 aromatic rings. The van der Waals surface area contributed by atoms with Gasteiger partial charge in [0.25, 0.3) is 0 Å². The second-order valence-electron chi connectivity index (χ2n) is 5.45. The predicted octanol–water partition coefficient (Wildman–Crippen LogP) is 4.04. The molecule has 2 aromatic heterocycles.